The summed E-state index contributed by atoms with van der Waals surface area (Å²) in [7, 11) is 0. The highest BCUT2D eigenvalue weighted by molar-refractivity contribution is 5.77. The molecule has 20 heavy (non-hydrogen) atoms. The number of benzene rings is 1. The molecule has 0 aromatic heterocycles. The molecule has 0 bridgehead atoms. The minimum absolute atomic E-state index is 0.0241. The topological polar surface area (TPSA) is 60.8 Å². The Bertz CT molecular complexity index is 519. The van der Waals surface area contributed by atoms with Crippen molar-refractivity contribution in [3.05, 3.63) is 29.3 Å². The SMILES string of the molecule is C[C@H]1Cc2ccc(O)cc2C(C(=O)O)N1CC(C)(C)C. The van der Waals surface area contributed by atoms with Crippen LogP contribution in [0.5, 0.6) is 5.75 Å². The van der Waals surface area contributed by atoms with E-state index in [4.69, 9.17) is 0 Å². The molecule has 1 aromatic carbocycles. The van der Waals surface area contributed by atoms with Crippen LogP contribution < -0.4 is 0 Å². The number of carboxylic acid groups (broad SMARTS) is 1. The van der Waals surface area contributed by atoms with Crippen LogP contribution in [0.15, 0.2) is 18.2 Å². The molecule has 2 atom stereocenters. The van der Waals surface area contributed by atoms with Gasteiger partial charge in [-0.15, -0.1) is 0 Å². The van der Waals surface area contributed by atoms with Gasteiger partial charge in [-0.05, 0) is 42.0 Å². The second-order valence-corrected chi connectivity index (χ2v) is 6.91. The zero-order chi connectivity index (χ0) is 15.1. The highest BCUT2D eigenvalue weighted by Crippen LogP contribution is 2.37. The second-order valence-electron chi connectivity index (χ2n) is 6.91. The molecule has 2 N–H and O–H groups in total. The maximum atomic E-state index is 11.7. The fraction of sp³-hybridized carbons (Fsp3) is 0.562. The van der Waals surface area contributed by atoms with Crippen molar-refractivity contribution in [2.45, 2.75) is 46.2 Å². The van der Waals surface area contributed by atoms with Gasteiger partial charge in [0.15, 0.2) is 0 Å². The molecule has 0 saturated heterocycles. The fourth-order valence-electron chi connectivity index (χ4n) is 2.96. The van der Waals surface area contributed by atoms with Crippen LogP contribution in [0.4, 0.5) is 0 Å². The van der Waals surface area contributed by atoms with Crippen LogP contribution >= 0.6 is 0 Å². The first-order valence-electron chi connectivity index (χ1n) is 6.99. The molecule has 4 heteroatoms. The van der Waals surface area contributed by atoms with E-state index in [1.54, 1.807) is 12.1 Å². The molecule has 110 valence electrons. The third-order valence-electron chi connectivity index (χ3n) is 3.73. The summed E-state index contributed by atoms with van der Waals surface area (Å²) < 4.78 is 0. The van der Waals surface area contributed by atoms with Crippen molar-refractivity contribution in [3.8, 4) is 5.75 Å². The third-order valence-corrected chi connectivity index (χ3v) is 3.73. The lowest BCUT2D eigenvalue weighted by Crippen LogP contribution is -2.48. The second kappa shape index (κ2) is 5.09. The molecule has 0 amide bonds. The van der Waals surface area contributed by atoms with Crippen molar-refractivity contribution in [1.82, 2.24) is 4.90 Å². The lowest BCUT2D eigenvalue weighted by molar-refractivity contribution is -0.145. The van der Waals surface area contributed by atoms with Gasteiger partial charge in [-0.1, -0.05) is 26.8 Å². The van der Waals surface area contributed by atoms with Gasteiger partial charge in [-0.25, -0.2) is 0 Å². The third kappa shape index (κ3) is 2.96. The summed E-state index contributed by atoms with van der Waals surface area (Å²) in [6.45, 7) is 9.10. The van der Waals surface area contributed by atoms with Crippen LogP contribution in [0.1, 0.15) is 44.9 Å². The number of nitrogens with zero attached hydrogens (tertiary/aromatic N) is 1. The molecule has 2 rings (SSSR count). The van der Waals surface area contributed by atoms with Crippen molar-refractivity contribution in [2.24, 2.45) is 5.41 Å². The van der Waals surface area contributed by atoms with Gasteiger partial charge >= 0.3 is 5.97 Å². The smallest absolute Gasteiger partial charge is 0.325 e. The number of rotatable bonds is 2. The normalized spacial score (nSPS) is 23.4. The summed E-state index contributed by atoms with van der Waals surface area (Å²) in [5.74, 6) is -0.729. The number of carboxylic acids is 1. The Morgan fingerprint density at radius 1 is 1.40 bits per heavy atom. The van der Waals surface area contributed by atoms with Crippen molar-refractivity contribution < 1.29 is 15.0 Å². The number of aliphatic carboxylic acids is 1. The summed E-state index contributed by atoms with van der Waals surface area (Å²) in [4.78, 5) is 13.8. The van der Waals surface area contributed by atoms with Crippen molar-refractivity contribution >= 4 is 5.97 Å². The Morgan fingerprint density at radius 2 is 2.05 bits per heavy atom. The molecule has 1 aliphatic heterocycles. The van der Waals surface area contributed by atoms with E-state index < -0.39 is 12.0 Å². The zero-order valence-corrected chi connectivity index (χ0v) is 12.6. The van der Waals surface area contributed by atoms with Crippen LogP contribution in [-0.4, -0.2) is 33.7 Å². The standard InChI is InChI=1S/C16H23NO3/c1-10-7-11-5-6-12(18)8-13(11)14(15(19)20)17(10)9-16(2,3)4/h5-6,8,10,14,18H,7,9H2,1-4H3,(H,19,20)/t10-,14?/m0/s1. The number of hydrogen-bond donors (Lipinski definition) is 2. The number of aromatic hydroxyl groups is 1. The van der Waals surface area contributed by atoms with Gasteiger partial charge in [-0.2, -0.15) is 0 Å². The minimum atomic E-state index is -0.854. The van der Waals surface area contributed by atoms with Gasteiger partial charge in [-0.3, -0.25) is 9.69 Å². The first kappa shape index (κ1) is 14.9. The van der Waals surface area contributed by atoms with Gasteiger partial charge in [0.1, 0.15) is 11.8 Å². The van der Waals surface area contributed by atoms with Gasteiger partial charge in [0.2, 0.25) is 0 Å². The Kier molecular flexibility index (Phi) is 3.78. The molecule has 0 aliphatic carbocycles. The van der Waals surface area contributed by atoms with Gasteiger partial charge in [0.25, 0.3) is 0 Å². The monoisotopic (exact) mass is 277 g/mol. The highest BCUT2D eigenvalue weighted by Gasteiger charge is 2.38. The van der Waals surface area contributed by atoms with E-state index in [1.165, 1.54) is 0 Å². The molecule has 0 spiro atoms. The van der Waals surface area contributed by atoms with E-state index in [-0.39, 0.29) is 17.2 Å². The first-order valence-corrected chi connectivity index (χ1v) is 6.99. The average Bonchev–Trinajstić information content (AvgIpc) is 2.28. The number of carbonyl (C=O) groups is 1. The van der Waals surface area contributed by atoms with Crippen molar-refractivity contribution in [3.63, 3.8) is 0 Å². The summed E-state index contributed by atoms with van der Waals surface area (Å²) >= 11 is 0. The summed E-state index contributed by atoms with van der Waals surface area (Å²) in [6, 6.07) is 4.55. The molecule has 4 nitrogen and oxygen atoms in total. The van der Waals surface area contributed by atoms with E-state index in [0.717, 1.165) is 17.5 Å². The molecule has 1 heterocycles. The van der Waals surface area contributed by atoms with E-state index >= 15 is 0 Å². The largest absolute Gasteiger partial charge is 0.508 e. The summed E-state index contributed by atoms with van der Waals surface area (Å²) in [6.07, 6.45) is 0.815. The maximum Gasteiger partial charge on any atom is 0.325 e. The molecule has 0 saturated carbocycles. The van der Waals surface area contributed by atoms with Crippen molar-refractivity contribution in [2.75, 3.05) is 6.54 Å². The number of phenols is 1. The molecule has 0 fully saturated rings. The Labute approximate surface area is 120 Å². The highest BCUT2D eigenvalue weighted by atomic mass is 16.4. The van der Waals surface area contributed by atoms with Crippen LogP contribution in [0.2, 0.25) is 0 Å². The zero-order valence-electron chi connectivity index (χ0n) is 12.6. The number of hydrogen-bond acceptors (Lipinski definition) is 3. The number of phenolic OH excluding ortho intramolecular Hbond substituents is 1. The van der Waals surface area contributed by atoms with Gasteiger partial charge in [0.05, 0.1) is 0 Å². The molecule has 1 aliphatic rings. The van der Waals surface area contributed by atoms with E-state index in [2.05, 4.69) is 27.7 Å². The van der Waals surface area contributed by atoms with Gasteiger partial charge in [0, 0.05) is 12.6 Å². The van der Waals surface area contributed by atoms with E-state index in [1.807, 2.05) is 11.0 Å². The fourth-order valence-corrected chi connectivity index (χ4v) is 2.96. The Morgan fingerprint density at radius 3 is 2.60 bits per heavy atom. The average molecular weight is 277 g/mol. The Balaban J connectivity index is 2.46. The molecular formula is C16H23NO3. The van der Waals surface area contributed by atoms with Crippen LogP contribution in [0.3, 0.4) is 0 Å². The molecule has 0 radical (unpaired) electrons. The molecule has 1 aromatic rings. The maximum absolute atomic E-state index is 11.7. The summed E-state index contributed by atoms with van der Waals surface area (Å²) in [5.41, 5.74) is 1.77. The van der Waals surface area contributed by atoms with Gasteiger partial charge < -0.3 is 10.2 Å². The van der Waals surface area contributed by atoms with Crippen LogP contribution in [0, 0.1) is 5.41 Å². The lowest BCUT2D eigenvalue weighted by Gasteiger charge is -2.42. The van der Waals surface area contributed by atoms with Crippen LogP contribution in [-0.2, 0) is 11.2 Å². The number of fused-ring (bicyclic) bond motifs is 1. The van der Waals surface area contributed by atoms with E-state index in [9.17, 15) is 15.0 Å². The van der Waals surface area contributed by atoms with Crippen molar-refractivity contribution in [1.29, 1.82) is 0 Å². The predicted molar refractivity (Wildman–Crippen MR) is 77.8 cm³/mol. The minimum Gasteiger partial charge on any atom is -0.508 e. The molecule has 1 unspecified atom stereocenters. The van der Waals surface area contributed by atoms with Crippen LogP contribution in [0.25, 0.3) is 0 Å². The van der Waals surface area contributed by atoms with E-state index in [0.29, 0.717) is 6.54 Å². The predicted octanol–water partition coefficient (Wildman–Crippen LogP) is 2.81. The Hall–Kier alpha value is -1.55. The quantitative estimate of drug-likeness (QED) is 0.872. The molecular weight excluding hydrogens is 254 g/mol. The first-order chi connectivity index (χ1) is 9.19. The summed E-state index contributed by atoms with van der Waals surface area (Å²) in [5, 5.41) is 19.3. The lowest BCUT2D eigenvalue weighted by atomic mass is 9.85.